The summed E-state index contributed by atoms with van der Waals surface area (Å²) in [7, 11) is 1.88. The molecule has 3 heteroatoms. The predicted octanol–water partition coefficient (Wildman–Crippen LogP) is 1.53. The molecule has 0 radical (unpaired) electrons. The van der Waals surface area contributed by atoms with Gasteiger partial charge in [0.05, 0.1) is 17.2 Å². The van der Waals surface area contributed by atoms with Crippen LogP contribution in [-0.4, -0.2) is 9.78 Å². The van der Waals surface area contributed by atoms with Crippen molar-refractivity contribution in [3.63, 3.8) is 0 Å². The fraction of sp³-hybridized carbons (Fsp3) is 0.556. The lowest BCUT2D eigenvalue weighted by atomic mass is 9.91. The highest BCUT2D eigenvalue weighted by atomic mass is 15.3. The van der Waals surface area contributed by atoms with Crippen molar-refractivity contribution in [2.75, 3.05) is 0 Å². The molecular formula is C9H13N3. The van der Waals surface area contributed by atoms with Gasteiger partial charge in [0.25, 0.3) is 0 Å². The first kappa shape index (κ1) is 8.79. The zero-order valence-corrected chi connectivity index (χ0v) is 7.92. The SMILES string of the molecule is Cc1cc(C(C)(C)C#N)nn1C. The Hall–Kier alpha value is -1.30. The highest BCUT2D eigenvalue weighted by Crippen LogP contribution is 2.20. The minimum Gasteiger partial charge on any atom is -0.273 e. The van der Waals surface area contributed by atoms with Crippen molar-refractivity contribution >= 4 is 0 Å². The van der Waals surface area contributed by atoms with Crippen molar-refractivity contribution in [2.45, 2.75) is 26.2 Å². The Morgan fingerprint density at radius 3 is 2.50 bits per heavy atom. The summed E-state index contributed by atoms with van der Waals surface area (Å²) < 4.78 is 1.79. The van der Waals surface area contributed by atoms with Crippen LogP contribution in [-0.2, 0) is 12.5 Å². The van der Waals surface area contributed by atoms with Gasteiger partial charge >= 0.3 is 0 Å². The predicted molar refractivity (Wildman–Crippen MR) is 46.6 cm³/mol. The molecule has 0 saturated carbocycles. The summed E-state index contributed by atoms with van der Waals surface area (Å²) in [5.74, 6) is 0. The van der Waals surface area contributed by atoms with Gasteiger partial charge in [0.15, 0.2) is 0 Å². The molecule has 64 valence electrons. The second-order valence-electron chi connectivity index (χ2n) is 3.53. The largest absolute Gasteiger partial charge is 0.273 e. The Kier molecular flexibility index (Phi) is 1.93. The topological polar surface area (TPSA) is 41.6 Å². The molecule has 0 saturated heterocycles. The van der Waals surface area contributed by atoms with Crippen LogP contribution in [0.5, 0.6) is 0 Å². The van der Waals surface area contributed by atoms with Gasteiger partial charge in [0.1, 0.15) is 0 Å². The molecule has 0 spiro atoms. The number of hydrogen-bond acceptors (Lipinski definition) is 2. The molecule has 12 heavy (non-hydrogen) atoms. The van der Waals surface area contributed by atoms with E-state index in [-0.39, 0.29) is 0 Å². The Morgan fingerprint density at radius 2 is 2.17 bits per heavy atom. The van der Waals surface area contributed by atoms with Gasteiger partial charge < -0.3 is 0 Å². The fourth-order valence-electron chi connectivity index (χ4n) is 0.923. The van der Waals surface area contributed by atoms with Gasteiger partial charge in [0, 0.05) is 12.7 Å². The average Bonchev–Trinajstić information content (AvgIpc) is 2.33. The van der Waals surface area contributed by atoms with E-state index in [2.05, 4.69) is 11.2 Å². The van der Waals surface area contributed by atoms with Crippen LogP contribution in [0.25, 0.3) is 0 Å². The maximum Gasteiger partial charge on any atom is 0.0955 e. The van der Waals surface area contributed by atoms with E-state index in [0.29, 0.717) is 0 Å². The summed E-state index contributed by atoms with van der Waals surface area (Å²) in [6.07, 6.45) is 0. The molecule has 1 aromatic heterocycles. The van der Waals surface area contributed by atoms with E-state index < -0.39 is 5.41 Å². The first-order valence-corrected chi connectivity index (χ1v) is 3.90. The second-order valence-corrected chi connectivity index (χ2v) is 3.53. The van der Waals surface area contributed by atoms with Crippen LogP contribution >= 0.6 is 0 Å². The molecule has 0 bridgehead atoms. The van der Waals surface area contributed by atoms with Crippen molar-refractivity contribution in [3.8, 4) is 6.07 Å². The summed E-state index contributed by atoms with van der Waals surface area (Å²) in [5.41, 5.74) is 1.43. The molecule has 1 aromatic rings. The molecule has 0 aliphatic rings. The van der Waals surface area contributed by atoms with Crippen LogP contribution in [0.3, 0.4) is 0 Å². The van der Waals surface area contributed by atoms with Crippen molar-refractivity contribution in [3.05, 3.63) is 17.5 Å². The highest BCUT2D eigenvalue weighted by molar-refractivity contribution is 5.24. The van der Waals surface area contributed by atoms with Crippen LogP contribution in [0.4, 0.5) is 0 Å². The van der Waals surface area contributed by atoms with Gasteiger partial charge in [-0.3, -0.25) is 4.68 Å². The first-order chi connectivity index (χ1) is 5.47. The highest BCUT2D eigenvalue weighted by Gasteiger charge is 2.23. The number of nitriles is 1. The average molecular weight is 163 g/mol. The molecule has 0 unspecified atom stereocenters. The van der Waals surface area contributed by atoms with Gasteiger partial charge in [-0.05, 0) is 26.8 Å². The maximum absolute atomic E-state index is 8.85. The van der Waals surface area contributed by atoms with Crippen molar-refractivity contribution in [1.29, 1.82) is 5.26 Å². The number of aromatic nitrogens is 2. The molecule has 0 atom stereocenters. The lowest BCUT2D eigenvalue weighted by molar-refractivity contribution is 0.624. The second kappa shape index (κ2) is 2.63. The third-order valence-corrected chi connectivity index (χ3v) is 2.03. The number of nitrogens with zero attached hydrogens (tertiary/aromatic N) is 3. The molecule has 0 aliphatic heterocycles. The van der Waals surface area contributed by atoms with E-state index in [9.17, 15) is 0 Å². The van der Waals surface area contributed by atoms with Crippen LogP contribution < -0.4 is 0 Å². The maximum atomic E-state index is 8.85. The molecule has 1 heterocycles. The third-order valence-electron chi connectivity index (χ3n) is 2.03. The fourth-order valence-corrected chi connectivity index (χ4v) is 0.923. The minimum atomic E-state index is -0.480. The standard InChI is InChI=1S/C9H13N3/c1-7-5-8(11-12(7)4)9(2,3)6-10/h5H,1-4H3. The quantitative estimate of drug-likeness (QED) is 0.630. The zero-order chi connectivity index (χ0) is 9.35. The first-order valence-electron chi connectivity index (χ1n) is 3.90. The van der Waals surface area contributed by atoms with Gasteiger partial charge in [-0.2, -0.15) is 10.4 Å². The Bertz CT molecular complexity index is 309. The number of aryl methyl sites for hydroxylation is 2. The normalized spacial score (nSPS) is 11.2. The third kappa shape index (κ3) is 1.33. The van der Waals surface area contributed by atoms with Crippen LogP contribution in [0.15, 0.2) is 6.07 Å². The Morgan fingerprint density at radius 1 is 1.58 bits per heavy atom. The van der Waals surface area contributed by atoms with E-state index in [1.54, 1.807) is 4.68 Å². The number of hydrogen-bond donors (Lipinski definition) is 0. The lowest BCUT2D eigenvalue weighted by Gasteiger charge is -2.10. The Labute approximate surface area is 72.6 Å². The van der Waals surface area contributed by atoms with Gasteiger partial charge in [-0.25, -0.2) is 0 Å². The molecular weight excluding hydrogens is 150 g/mol. The van der Waals surface area contributed by atoms with E-state index in [0.717, 1.165) is 11.4 Å². The molecule has 0 amide bonds. The van der Waals surface area contributed by atoms with Crippen LogP contribution in [0.1, 0.15) is 25.2 Å². The van der Waals surface area contributed by atoms with Crippen molar-refractivity contribution in [1.82, 2.24) is 9.78 Å². The number of rotatable bonds is 1. The van der Waals surface area contributed by atoms with Crippen LogP contribution in [0.2, 0.25) is 0 Å². The monoisotopic (exact) mass is 163 g/mol. The van der Waals surface area contributed by atoms with Gasteiger partial charge in [0.2, 0.25) is 0 Å². The van der Waals surface area contributed by atoms with E-state index in [4.69, 9.17) is 5.26 Å². The van der Waals surface area contributed by atoms with E-state index >= 15 is 0 Å². The van der Waals surface area contributed by atoms with E-state index in [1.807, 2.05) is 33.9 Å². The summed E-state index contributed by atoms with van der Waals surface area (Å²) >= 11 is 0. The van der Waals surface area contributed by atoms with Crippen LogP contribution in [0, 0.1) is 18.3 Å². The molecule has 0 N–H and O–H groups in total. The molecule has 0 aliphatic carbocycles. The van der Waals surface area contributed by atoms with E-state index in [1.165, 1.54) is 0 Å². The molecule has 3 nitrogen and oxygen atoms in total. The van der Waals surface area contributed by atoms with Crippen molar-refractivity contribution in [2.24, 2.45) is 7.05 Å². The summed E-state index contributed by atoms with van der Waals surface area (Å²) in [4.78, 5) is 0. The minimum absolute atomic E-state index is 0.480. The molecule has 1 rings (SSSR count). The lowest BCUT2D eigenvalue weighted by Crippen LogP contribution is -2.14. The van der Waals surface area contributed by atoms with Gasteiger partial charge in [-0.15, -0.1) is 0 Å². The summed E-state index contributed by atoms with van der Waals surface area (Å²) in [5, 5.41) is 13.1. The summed E-state index contributed by atoms with van der Waals surface area (Å²) in [6.45, 7) is 5.72. The zero-order valence-electron chi connectivity index (χ0n) is 7.92. The summed E-state index contributed by atoms with van der Waals surface area (Å²) in [6, 6.07) is 4.17. The van der Waals surface area contributed by atoms with Gasteiger partial charge in [-0.1, -0.05) is 0 Å². The smallest absolute Gasteiger partial charge is 0.0955 e. The van der Waals surface area contributed by atoms with Crippen molar-refractivity contribution < 1.29 is 0 Å². The molecule has 0 aromatic carbocycles. The molecule has 0 fully saturated rings. The Balaban J connectivity index is 3.14.